The Labute approximate surface area is 119 Å². The molecule has 0 aromatic heterocycles. The minimum absolute atomic E-state index is 0. The summed E-state index contributed by atoms with van der Waals surface area (Å²) in [4.78, 5) is 12.3. The Hall–Kier alpha value is -1.26. The number of fused-ring (bicyclic) bond motifs is 1. The summed E-state index contributed by atoms with van der Waals surface area (Å²) >= 11 is 0. The van der Waals surface area contributed by atoms with Crippen LogP contribution in [0.2, 0.25) is 0 Å². The Kier molecular flexibility index (Phi) is 6.12. The van der Waals surface area contributed by atoms with Crippen LogP contribution in [0.4, 0.5) is 0 Å². The molecule has 4 nitrogen and oxygen atoms in total. The van der Waals surface area contributed by atoms with Gasteiger partial charge in [-0.3, -0.25) is 4.79 Å². The largest absolute Gasteiger partial charge is 0.454 e. The summed E-state index contributed by atoms with van der Waals surface area (Å²) in [5.41, 5.74) is 0.676. The number of carbonyl (C=O) groups excluding carboxylic acids is 1. The lowest BCUT2D eigenvalue weighted by Gasteiger charge is -2.15. The third-order valence-corrected chi connectivity index (χ3v) is 3.02. The first-order valence-corrected chi connectivity index (χ1v) is 6.43. The van der Waals surface area contributed by atoms with Crippen LogP contribution in [0.15, 0.2) is 18.2 Å². The van der Waals surface area contributed by atoms with Gasteiger partial charge in [0.2, 0.25) is 6.79 Å². The minimum Gasteiger partial charge on any atom is -0.454 e. The molecule has 5 heteroatoms. The van der Waals surface area contributed by atoms with E-state index in [4.69, 9.17) is 9.47 Å². The second-order valence-corrected chi connectivity index (χ2v) is 4.35. The zero-order valence-electron chi connectivity index (χ0n) is 11.3. The summed E-state index contributed by atoms with van der Waals surface area (Å²) in [6.45, 7) is 5.19. The van der Waals surface area contributed by atoms with Crippen molar-refractivity contribution >= 4 is 18.2 Å². The molecule has 1 heterocycles. The maximum Gasteiger partial charge on any atom is 0.231 e. The average Bonchev–Trinajstić information content (AvgIpc) is 2.86. The van der Waals surface area contributed by atoms with Gasteiger partial charge in [-0.25, -0.2) is 0 Å². The number of benzene rings is 1. The molecule has 0 aliphatic carbocycles. The molecule has 1 N–H and O–H groups in total. The van der Waals surface area contributed by atoms with E-state index >= 15 is 0 Å². The number of halogens is 1. The lowest BCUT2D eigenvalue weighted by atomic mass is 10.0. The van der Waals surface area contributed by atoms with Crippen LogP contribution in [0.1, 0.15) is 37.0 Å². The molecule has 1 aliphatic heterocycles. The van der Waals surface area contributed by atoms with E-state index in [0.29, 0.717) is 17.1 Å². The van der Waals surface area contributed by atoms with Gasteiger partial charge in [-0.2, -0.15) is 0 Å². The van der Waals surface area contributed by atoms with E-state index in [1.54, 1.807) is 18.2 Å². The van der Waals surface area contributed by atoms with Gasteiger partial charge in [-0.05, 0) is 37.6 Å². The van der Waals surface area contributed by atoms with E-state index in [1.807, 2.05) is 6.92 Å². The zero-order valence-corrected chi connectivity index (χ0v) is 12.1. The molecular weight excluding hydrogens is 266 g/mol. The van der Waals surface area contributed by atoms with Crippen LogP contribution in [-0.4, -0.2) is 25.2 Å². The van der Waals surface area contributed by atoms with Crippen molar-refractivity contribution in [1.29, 1.82) is 0 Å². The first-order valence-electron chi connectivity index (χ1n) is 6.43. The third kappa shape index (κ3) is 3.61. The molecular formula is C14H20ClNO3. The molecule has 0 amide bonds. The number of ketones is 1. The minimum atomic E-state index is -0.120. The third-order valence-electron chi connectivity index (χ3n) is 3.02. The number of rotatable bonds is 6. The topological polar surface area (TPSA) is 47.6 Å². The van der Waals surface area contributed by atoms with Gasteiger partial charge >= 0.3 is 0 Å². The Morgan fingerprint density at radius 1 is 1.32 bits per heavy atom. The van der Waals surface area contributed by atoms with Gasteiger partial charge in [0.15, 0.2) is 17.3 Å². The molecule has 2 rings (SSSR count). The number of nitrogens with one attached hydrogen (secondary N) is 1. The molecule has 19 heavy (non-hydrogen) atoms. The standard InChI is InChI=1S/C14H19NO3.ClH/c1-3-7-15-11(4-2)14(16)10-5-6-12-13(8-10)18-9-17-12;/h5-6,8,11,15H,3-4,7,9H2,1-2H3;1H. The van der Waals surface area contributed by atoms with Crippen LogP contribution in [-0.2, 0) is 0 Å². The number of carbonyl (C=O) groups is 1. The summed E-state index contributed by atoms with van der Waals surface area (Å²) in [6, 6.07) is 5.24. The lowest BCUT2D eigenvalue weighted by molar-refractivity contribution is 0.0940. The second-order valence-electron chi connectivity index (χ2n) is 4.35. The predicted octanol–water partition coefficient (Wildman–Crippen LogP) is 2.80. The predicted molar refractivity (Wildman–Crippen MR) is 76.5 cm³/mol. The highest BCUT2D eigenvalue weighted by molar-refractivity contribution is 6.00. The maximum absolute atomic E-state index is 12.3. The first-order chi connectivity index (χ1) is 8.76. The van der Waals surface area contributed by atoms with Gasteiger partial charge in [0.05, 0.1) is 6.04 Å². The normalized spacial score (nSPS) is 13.8. The Morgan fingerprint density at radius 2 is 2.05 bits per heavy atom. The molecule has 0 saturated carbocycles. The van der Waals surface area contributed by atoms with Gasteiger partial charge in [-0.15, -0.1) is 12.4 Å². The molecule has 1 aliphatic rings. The SMILES string of the molecule is CCCNC(CC)C(=O)c1ccc2c(c1)OCO2.Cl. The Morgan fingerprint density at radius 3 is 2.74 bits per heavy atom. The monoisotopic (exact) mass is 285 g/mol. The summed E-state index contributed by atoms with van der Waals surface area (Å²) in [5, 5.41) is 3.26. The van der Waals surface area contributed by atoms with Crippen molar-refractivity contribution in [3.63, 3.8) is 0 Å². The highest BCUT2D eigenvalue weighted by atomic mass is 35.5. The fourth-order valence-electron chi connectivity index (χ4n) is 1.99. The fourth-order valence-corrected chi connectivity index (χ4v) is 1.99. The fraction of sp³-hybridized carbons (Fsp3) is 0.500. The number of Topliss-reactive ketones (excluding diaryl/α,β-unsaturated/α-hetero) is 1. The summed E-state index contributed by atoms with van der Waals surface area (Å²) in [5.74, 6) is 1.48. The molecule has 0 radical (unpaired) electrons. The van der Waals surface area contributed by atoms with Gasteiger partial charge in [-0.1, -0.05) is 13.8 Å². The molecule has 106 valence electrons. The second kappa shape index (κ2) is 7.36. The van der Waals surface area contributed by atoms with Crippen molar-refractivity contribution in [1.82, 2.24) is 5.32 Å². The van der Waals surface area contributed by atoms with E-state index < -0.39 is 0 Å². The lowest BCUT2D eigenvalue weighted by Crippen LogP contribution is -2.36. The van der Waals surface area contributed by atoms with Gasteiger partial charge in [0.1, 0.15) is 0 Å². The smallest absolute Gasteiger partial charge is 0.231 e. The van der Waals surface area contributed by atoms with Crippen molar-refractivity contribution in [2.45, 2.75) is 32.7 Å². The average molecular weight is 286 g/mol. The highest BCUT2D eigenvalue weighted by Gasteiger charge is 2.21. The van der Waals surface area contributed by atoms with E-state index in [1.165, 1.54) is 0 Å². The van der Waals surface area contributed by atoms with Crippen LogP contribution in [0.25, 0.3) is 0 Å². The summed E-state index contributed by atoms with van der Waals surface area (Å²) in [6.07, 6.45) is 1.80. The van der Waals surface area contributed by atoms with Crippen LogP contribution in [0.5, 0.6) is 11.5 Å². The summed E-state index contributed by atoms with van der Waals surface area (Å²) < 4.78 is 10.5. The number of hydrogen-bond donors (Lipinski definition) is 1. The molecule has 1 aromatic rings. The first kappa shape index (κ1) is 15.8. The van der Waals surface area contributed by atoms with E-state index in [-0.39, 0.29) is 31.0 Å². The van der Waals surface area contributed by atoms with E-state index in [2.05, 4.69) is 12.2 Å². The molecule has 1 aromatic carbocycles. The van der Waals surface area contributed by atoms with E-state index in [9.17, 15) is 4.79 Å². The summed E-state index contributed by atoms with van der Waals surface area (Å²) in [7, 11) is 0. The van der Waals surface area contributed by atoms with Crippen LogP contribution in [0, 0.1) is 0 Å². The molecule has 1 atom stereocenters. The van der Waals surface area contributed by atoms with Crippen molar-refractivity contribution in [3.05, 3.63) is 23.8 Å². The highest BCUT2D eigenvalue weighted by Crippen LogP contribution is 2.32. The number of hydrogen-bond acceptors (Lipinski definition) is 4. The van der Waals surface area contributed by atoms with Crippen LogP contribution >= 0.6 is 12.4 Å². The molecule has 1 unspecified atom stereocenters. The van der Waals surface area contributed by atoms with Gasteiger partial charge < -0.3 is 14.8 Å². The number of ether oxygens (including phenoxy) is 2. The molecule has 0 saturated heterocycles. The van der Waals surface area contributed by atoms with Crippen molar-refractivity contribution in [3.8, 4) is 11.5 Å². The van der Waals surface area contributed by atoms with Crippen molar-refractivity contribution < 1.29 is 14.3 Å². The van der Waals surface area contributed by atoms with Crippen molar-refractivity contribution in [2.75, 3.05) is 13.3 Å². The van der Waals surface area contributed by atoms with Crippen LogP contribution in [0.3, 0.4) is 0 Å². The quantitative estimate of drug-likeness (QED) is 0.817. The van der Waals surface area contributed by atoms with Gasteiger partial charge in [0, 0.05) is 5.56 Å². The van der Waals surface area contributed by atoms with Crippen LogP contribution < -0.4 is 14.8 Å². The molecule has 0 fully saturated rings. The van der Waals surface area contributed by atoms with Crippen molar-refractivity contribution in [2.24, 2.45) is 0 Å². The van der Waals surface area contributed by atoms with Gasteiger partial charge in [0.25, 0.3) is 0 Å². The Bertz CT molecular complexity index is 437. The molecule has 0 spiro atoms. The molecule has 0 bridgehead atoms. The Balaban J connectivity index is 0.00000180. The maximum atomic E-state index is 12.3. The van der Waals surface area contributed by atoms with E-state index in [0.717, 1.165) is 19.4 Å². The zero-order chi connectivity index (χ0) is 13.0.